The zero-order chi connectivity index (χ0) is 16.3. The van der Waals surface area contributed by atoms with Gasteiger partial charge in [-0.1, -0.05) is 37.0 Å². The third-order valence-corrected chi connectivity index (χ3v) is 3.98. The summed E-state index contributed by atoms with van der Waals surface area (Å²) in [5.41, 5.74) is 3.34. The van der Waals surface area contributed by atoms with Crippen molar-refractivity contribution in [1.82, 2.24) is 9.55 Å². The lowest BCUT2D eigenvalue weighted by atomic mass is 10.0. The molecule has 0 radical (unpaired) electrons. The number of halogens is 2. The van der Waals surface area contributed by atoms with Crippen LogP contribution in [0.15, 0.2) is 18.2 Å². The van der Waals surface area contributed by atoms with E-state index in [9.17, 15) is 0 Å². The first-order valence-corrected chi connectivity index (χ1v) is 8.26. The fraction of sp³-hybridized carbons (Fsp3) is 0.471. The highest BCUT2D eigenvalue weighted by Gasteiger charge is 2.18. The largest absolute Gasteiger partial charge is 0.361 e. The van der Waals surface area contributed by atoms with Crippen LogP contribution in [-0.2, 0) is 17.9 Å². The van der Waals surface area contributed by atoms with Gasteiger partial charge in [0.1, 0.15) is 12.6 Å². The molecule has 0 spiro atoms. The van der Waals surface area contributed by atoms with Crippen LogP contribution in [-0.4, -0.2) is 16.2 Å². The number of benzene rings is 1. The molecule has 0 aliphatic heterocycles. The summed E-state index contributed by atoms with van der Waals surface area (Å²) >= 11 is 12.2. The van der Waals surface area contributed by atoms with Gasteiger partial charge in [0.15, 0.2) is 0 Å². The van der Waals surface area contributed by atoms with Crippen LogP contribution in [0.5, 0.6) is 0 Å². The van der Waals surface area contributed by atoms with E-state index in [1.807, 2.05) is 26.0 Å². The highest BCUT2D eigenvalue weighted by molar-refractivity contribution is 6.34. The number of nitrogens with zero attached hydrogens (tertiary/aromatic N) is 2. The Labute approximate surface area is 142 Å². The molecule has 1 heterocycles. The lowest BCUT2D eigenvalue weighted by Crippen LogP contribution is -2.10. The molecular weight excluding hydrogens is 319 g/mol. The van der Waals surface area contributed by atoms with Crippen LogP contribution >= 0.6 is 23.2 Å². The number of hydrogen-bond donors (Lipinski definition) is 0. The van der Waals surface area contributed by atoms with Crippen LogP contribution < -0.4 is 0 Å². The zero-order valence-electron chi connectivity index (χ0n) is 13.5. The Morgan fingerprint density at radius 3 is 2.36 bits per heavy atom. The molecule has 0 atom stereocenters. The van der Waals surface area contributed by atoms with Gasteiger partial charge in [-0.15, -0.1) is 0 Å². The molecule has 5 heteroatoms. The second-order valence-electron chi connectivity index (χ2n) is 5.65. The topological polar surface area (TPSA) is 27.1 Å². The molecule has 0 N–H and O–H groups in total. The quantitative estimate of drug-likeness (QED) is 0.721. The van der Waals surface area contributed by atoms with Crippen molar-refractivity contribution in [3.63, 3.8) is 0 Å². The maximum absolute atomic E-state index is 6.09. The molecule has 0 aliphatic rings. The summed E-state index contributed by atoms with van der Waals surface area (Å²) < 4.78 is 7.72. The molecular formula is C17H22Cl2N2O. The Bertz CT molecular complexity index is 630. The molecule has 2 rings (SSSR count). The second-order valence-corrected chi connectivity index (χ2v) is 6.52. The van der Waals surface area contributed by atoms with E-state index in [0.717, 1.165) is 17.1 Å². The van der Waals surface area contributed by atoms with Gasteiger partial charge in [0.05, 0.1) is 5.69 Å². The summed E-state index contributed by atoms with van der Waals surface area (Å²) in [7, 11) is 0. The summed E-state index contributed by atoms with van der Waals surface area (Å²) in [6.45, 7) is 9.59. The standard InChI is InChI=1S/C17H22Cl2N2O/c1-5-22-10-21-12(4)20-16(17(21)11(2)3)8-13-6-14(18)9-15(19)7-13/h6-7,9,11H,5,8,10H2,1-4H3. The number of imidazole rings is 1. The monoisotopic (exact) mass is 340 g/mol. The summed E-state index contributed by atoms with van der Waals surface area (Å²) in [6.07, 6.45) is 0.716. The van der Waals surface area contributed by atoms with Crippen LogP contribution in [0.1, 0.15) is 49.5 Å². The summed E-state index contributed by atoms with van der Waals surface area (Å²) in [5.74, 6) is 1.34. The van der Waals surface area contributed by atoms with Gasteiger partial charge in [-0.3, -0.25) is 0 Å². The first kappa shape index (κ1) is 17.3. The molecule has 0 saturated heterocycles. The number of ether oxygens (including phenoxy) is 1. The third kappa shape index (κ3) is 4.03. The average molecular weight is 341 g/mol. The van der Waals surface area contributed by atoms with Crippen molar-refractivity contribution in [1.29, 1.82) is 0 Å². The highest BCUT2D eigenvalue weighted by Crippen LogP contribution is 2.26. The summed E-state index contributed by atoms with van der Waals surface area (Å²) in [6, 6.07) is 5.62. The number of hydrogen-bond acceptors (Lipinski definition) is 2. The normalized spacial score (nSPS) is 11.4. The Kier molecular flexibility index (Phi) is 5.90. The van der Waals surface area contributed by atoms with E-state index in [0.29, 0.717) is 35.7 Å². The fourth-order valence-electron chi connectivity index (χ4n) is 2.67. The first-order chi connectivity index (χ1) is 10.4. The molecule has 0 fully saturated rings. The molecule has 22 heavy (non-hydrogen) atoms. The SMILES string of the molecule is CCOCn1c(C)nc(Cc2cc(Cl)cc(Cl)c2)c1C(C)C. The van der Waals surface area contributed by atoms with E-state index >= 15 is 0 Å². The van der Waals surface area contributed by atoms with E-state index in [1.165, 1.54) is 5.69 Å². The lowest BCUT2D eigenvalue weighted by molar-refractivity contribution is 0.0839. The number of rotatable bonds is 6. The van der Waals surface area contributed by atoms with Gasteiger partial charge in [-0.25, -0.2) is 4.98 Å². The zero-order valence-corrected chi connectivity index (χ0v) is 15.0. The molecule has 2 aromatic rings. The van der Waals surface area contributed by atoms with Crippen molar-refractivity contribution in [3.8, 4) is 0 Å². The van der Waals surface area contributed by atoms with Crippen molar-refractivity contribution >= 4 is 23.2 Å². The van der Waals surface area contributed by atoms with Crippen molar-refractivity contribution in [2.45, 2.75) is 46.8 Å². The fourth-order valence-corrected chi connectivity index (χ4v) is 3.24. The summed E-state index contributed by atoms with van der Waals surface area (Å²) in [5, 5.41) is 1.30. The molecule has 0 bridgehead atoms. The maximum atomic E-state index is 6.09. The van der Waals surface area contributed by atoms with Crippen LogP contribution in [0, 0.1) is 6.92 Å². The Morgan fingerprint density at radius 2 is 1.82 bits per heavy atom. The van der Waals surface area contributed by atoms with Gasteiger partial charge >= 0.3 is 0 Å². The van der Waals surface area contributed by atoms with Crippen LogP contribution in [0.4, 0.5) is 0 Å². The van der Waals surface area contributed by atoms with Gasteiger partial charge in [0.2, 0.25) is 0 Å². The lowest BCUT2D eigenvalue weighted by Gasteiger charge is -2.14. The molecule has 0 amide bonds. The van der Waals surface area contributed by atoms with E-state index in [1.54, 1.807) is 6.07 Å². The Morgan fingerprint density at radius 1 is 1.18 bits per heavy atom. The number of aryl methyl sites for hydroxylation is 1. The van der Waals surface area contributed by atoms with E-state index in [-0.39, 0.29) is 0 Å². The van der Waals surface area contributed by atoms with Crippen molar-refractivity contribution < 1.29 is 4.74 Å². The van der Waals surface area contributed by atoms with Gasteiger partial charge in [-0.2, -0.15) is 0 Å². The van der Waals surface area contributed by atoms with Crippen LogP contribution in [0.25, 0.3) is 0 Å². The van der Waals surface area contributed by atoms with Crippen LogP contribution in [0.3, 0.4) is 0 Å². The summed E-state index contributed by atoms with van der Waals surface area (Å²) in [4.78, 5) is 4.74. The van der Waals surface area contributed by atoms with E-state index in [4.69, 9.17) is 32.9 Å². The maximum Gasteiger partial charge on any atom is 0.124 e. The predicted octanol–water partition coefficient (Wildman–Crippen LogP) is 5.21. The van der Waals surface area contributed by atoms with Crippen molar-refractivity contribution in [3.05, 3.63) is 51.0 Å². The highest BCUT2D eigenvalue weighted by atomic mass is 35.5. The van der Waals surface area contributed by atoms with Crippen molar-refractivity contribution in [2.75, 3.05) is 6.61 Å². The van der Waals surface area contributed by atoms with E-state index < -0.39 is 0 Å². The van der Waals surface area contributed by atoms with Gasteiger partial charge < -0.3 is 9.30 Å². The predicted molar refractivity (Wildman–Crippen MR) is 91.9 cm³/mol. The minimum atomic E-state index is 0.367. The smallest absolute Gasteiger partial charge is 0.124 e. The molecule has 120 valence electrons. The average Bonchev–Trinajstić information content (AvgIpc) is 2.71. The number of aromatic nitrogens is 2. The molecule has 0 saturated carbocycles. The minimum Gasteiger partial charge on any atom is -0.361 e. The third-order valence-electron chi connectivity index (χ3n) is 3.54. The van der Waals surface area contributed by atoms with Crippen molar-refractivity contribution in [2.24, 2.45) is 0 Å². The molecule has 1 aromatic heterocycles. The molecule has 0 unspecified atom stereocenters. The molecule has 3 nitrogen and oxygen atoms in total. The van der Waals surface area contributed by atoms with E-state index in [2.05, 4.69) is 18.4 Å². The first-order valence-electron chi connectivity index (χ1n) is 7.51. The second kappa shape index (κ2) is 7.49. The van der Waals surface area contributed by atoms with Gasteiger partial charge in [0.25, 0.3) is 0 Å². The Balaban J connectivity index is 2.37. The van der Waals surface area contributed by atoms with Crippen LogP contribution in [0.2, 0.25) is 10.0 Å². The molecule has 0 aliphatic carbocycles. The molecule has 1 aromatic carbocycles. The minimum absolute atomic E-state index is 0.367. The Hall–Kier alpha value is -1.03. The van der Waals surface area contributed by atoms with Gasteiger partial charge in [0, 0.05) is 28.8 Å². The van der Waals surface area contributed by atoms with Gasteiger partial charge in [-0.05, 0) is 43.5 Å².